The molecule has 1 saturated heterocycles. The third kappa shape index (κ3) is 3.03. The second kappa shape index (κ2) is 5.27. The number of aromatic nitrogens is 1. The smallest absolute Gasteiger partial charge is 0.307 e. The summed E-state index contributed by atoms with van der Waals surface area (Å²) in [4.78, 5) is 17.3. The fourth-order valence-electron chi connectivity index (χ4n) is 2.30. The monoisotopic (exact) mass is 234 g/mol. The Morgan fingerprint density at radius 2 is 2.47 bits per heavy atom. The quantitative estimate of drug-likeness (QED) is 0.864. The van der Waals surface area contributed by atoms with E-state index in [1.165, 1.54) is 11.1 Å². The number of nitrogens with zero attached hydrogens (tertiary/aromatic N) is 2. The molecule has 17 heavy (non-hydrogen) atoms. The van der Waals surface area contributed by atoms with Crippen LogP contribution >= 0.6 is 0 Å². The Morgan fingerprint density at radius 1 is 1.65 bits per heavy atom. The van der Waals surface area contributed by atoms with Gasteiger partial charge in [0.2, 0.25) is 0 Å². The van der Waals surface area contributed by atoms with Crippen LogP contribution in [0.4, 0.5) is 0 Å². The number of carbonyl (C=O) groups is 1. The lowest BCUT2D eigenvalue weighted by Gasteiger charge is -2.30. The molecule has 1 aliphatic rings. The number of rotatable bonds is 3. The highest BCUT2D eigenvalue weighted by molar-refractivity contribution is 5.70. The maximum Gasteiger partial charge on any atom is 0.307 e. The lowest BCUT2D eigenvalue weighted by atomic mass is 9.97. The number of likely N-dealkylation sites (tertiary alicyclic amines) is 1. The van der Waals surface area contributed by atoms with Crippen LogP contribution < -0.4 is 0 Å². The van der Waals surface area contributed by atoms with Gasteiger partial charge in [0.05, 0.1) is 5.92 Å². The number of hydrogen-bond donors (Lipinski definition) is 1. The average molecular weight is 234 g/mol. The maximum atomic E-state index is 11.0. The summed E-state index contributed by atoms with van der Waals surface area (Å²) in [7, 11) is 0. The fraction of sp³-hybridized carbons (Fsp3) is 0.538. The van der Waals surface area contributed by atoms with Crippen LogP contribution in [0.3, 0.4) is 0 Å². The average Bonchev–Trinajstić information content (AvgIpc) is 2.32. The van der Waals surface area contributed by atoms with Gasteiger partial charge in [-0.3, -0.25) is 14.7 Å². The van der Waals surface area contributed by atoms with E-state index in [1.807, 2.05) is 12.3 Å². The first kappa shape index (κ1) is 12.0. The summed E-state index contributed by atoms with van der Waals surface area (Å²) < 4.78 is 0. The van der Waals surface area contributed by atoms with Crippen molar-refractivity contribution in [3.05, 3.63) is 29.6 Å². The van der Waals surface area contributed by atoms with Crippen molar-refractivity contribution in [3.8, 4) is 0 Å². The predicted octanol–water partition coefficient (Wildman–Crippen LogP) is 1.69. The van der Waals surface area contributed by atoms with Crippen LogP contribution in [0, 0.1) is 12.8 Å². The highest BCUT2D eigenvalue weighted by Crippen LogP contribution is 2.19. The van der Waals surface area contributed by atoms with Gasteiger partial charge in [0, 0.05) is 25.5 Å². The zero-order valence-corrected chi connectivity index (χ0v) is 10.1. The summed E-state index contributed by atoms with van der Waals surface area (Å²) in [5.41, 5.74) is 2.41. The highest BCUT2D eigenvalue weighted by Gasteiger charge is 2.25. The number of carboxylic acid groups (broad SMARTS) is 1. The molecule has 1 aliphatic heterocycles. The minimum absolute atomic E-state index is 0.208. The molecule has 0 radical (unpaired) electrons. The van der Waals surface area contributed by atoms with Gasteiger partial charge >= 0.3 is 5.97 Å². The first-order valence-corrected chi connectivity index (χ1v) is 6.01. The van der Waals surface area contributed by atoms with E-state index in [-0.39, 0.29) is 5.92 Å². The SMILES string of the molecule is Cc1ccncc1CN1CCCC(C(=O)O)C1. The standard InChI is InChI=1S/C13H18N2O2/c1-10-4-5-14-7-12(10)9-15-6-2-3-11(8-15)13(16)17/h4-5,7,11H,2-3,6,8-9H2,1H3,(H,16,17). The van der Waals surface area contributed by atoms with Gasteiger partial charge in [-0.05, 0) is 43.5 Å². The van der Waals surface area contributed by atoms with Gasteiger partial charge < -0.3 is 5.11 Å². The molecule has 0 bridgehead atoms. The van der Waals surface area contributed by atoms with Crippen molar-refractivity contribution in [1.82, 2.24) is 9.88 Å². The molecule has 1 atom stereocenters. The number of carboxylic acids is 1. The van der Waals surface area contributed by atoms with E-state index in [9.17, 15) is 4.79 Å². The molecule has 1 unspecified atom stereocenters. The van der Waals surface area contributed by atoms with Crippen LogP contribution in [0.5, 0.6) is 0 Å². The van der Waals surface area contributed by atoms with Gasteiger partial charge in [-0.15, -0.1) is 0 Å². The van der Waals surface area contributed by atoms with Gasteiger partial charge in [-0.1, -0.05) is 0 Å². The summed E-state index contributed by atoms with van der Waals surface area (Å²) in [6.07, 6.45) is 5.43. The molecule has 0 amide bonds. The van der Waals surface area contributed by atoms with Gasteiger partial charge in [-0.2, -0.15) is 0 Å². The highest BCUT2D eigenvalue weighted by atomic mass is 16.4. The van der Waals surface area contributed by atoms with Crippen molar-refractivity contribution < 1.29 is 9.90 Å². The zero-order chi connectivity index (χ0) is 12.3. The summed E-state index contributed by atoms with van der Waals surface area (Å²) in [5, 5.41) is 9.04. The fourth-order valence-corrected chi connectivity index (χ4v) is 2.30. The Morgan fingerprint density at radius 3 is 3.18 bits per heavy atom. The van der Waals surface area contributed by atoms with Crippen LogP contribution in [0.25, 0.3) is 0 Å². The van der Waals surface area contributed by atoms with Crippen LogP contribution in [-0.2, 0) is 11.3 Å². The summed E-state index contributed by atoms with van der Waals surface area (Å²) in [6.45, 7) is 4.51. The van der Waals surface area contributed by atoms with Crippen LogP contribution in [0.1, 0.15) is 24.0 Å². The summed E-state index contributed by atoms with van der Waals surface area (Å²) in [5.74, 6) is -0.877. The lowest BCUT2D eigenvalue weighted by Crippen LogP contribution is -2.38. The Balaban J connectivity index is 1.99. The minimum Gasteiger partial charge on any atom is -0.481 e. The third-order valence-electron chi connectivity index (χ3n) is 3.40. The van der Waals surface area contributed by atoms with Gasteiger partial charge in [0.15, 0.2) is 0 Å². The largest absolute Gasteiger partial charge is 0.481 e. The number of piperidine rings is 1. The maximum absolute atomic E-state index is 11.0. The normalized spacial score (nSPS) is 21.4. The van der Waals surface area contributed by atoms with Crippen molar-refractivity contribution >= 4 is 5.97 Å². The first-order valence-electron chi connectivity index (χ1n) is 6.01. The Bertz CT molecular complexity index is 406. The van der Waals surface area contributed by atoms with E-state index < -0.39 is 5.97 Å². The first-order chi connectivity index (χ1) is 8.16. The Hall–Kier alpha value is -1.42. The molecule has 0 aromatic carbocycles. The third-order valence-corrected chi connectivity index (χ3v) is 3.40. The van der Waals surface area contributed by atoms with E-state index >= 15 is 0 Å². The second-order valence-corrected chi connectivity index (χ2v) is 4.71. The zero-order valence-electron chi connectivity index (χ0n) is 10.1. The molecule has 0 saturated carbocycles. The summed E-state index contributed by atoms with van der Waals surface area (Å²) in [6, 6.07) is 1.99. The second-order valence-electron chi connectivity index (χ2n) is 4.71. The van der Waals surface area contributed by atoms with E-state index in [1.54, 1.807) is 6.20 Å². The molecular formula is C13H18N2O2. The van der Waals surface area contributed by atoms with E-state index in [2.05, 4.69) is 16.8 Å². The molecule has 4 heteroatoms. The molecule has 1 N–H and O–H groups in total. The molecule has 1 aromatic rings. The van der Waals surface area contributed by atoms with Crippen molar-refractivity contribution in [1.29, 1.82) is 0 Å². The molecule has 1 fully saturated rings. The lowest BCUT2D eigenvalue weighted by molar-refractivity contribution is -0.143. The molecule has 2 rings (SSSR count). The summed E-state index contributed by atoms with van der Waals surface area (Å²) >= 11 is 0. The van der Waals surface area contributed by atoms with Crippen LogP contribution in [0.15, 0.2) is 18.5 Å². The van der Waals surface area contributed by atoms with E-state index in [0.29, 0.717) is 6.54 Å². The molecule has 1 aromatic heterocycles. The predicted molar refractivity (Wildman–Crippen MR) is 64.6 cm³/mol. The molecule has 0 aliphatic carbocycles. The number of pyridine rings is 1. The number of aryl methyl sites for hydroxylation is 1. The molecule has 92 valence electrons. The Labute approximate surface area is 101 Å². The molecule has 4 nitrogen and oxygen atoms in total. The topological polar surface area (TPSA) is 53.4 Å². The van der Waals surface area contributed by atoms with E-state index in [0.717, 1.165) is 25.9 Å². The minimum atomic E-state index is -0.669. The van der Waals surface area contributed by atoms with Crippen molar-refractivity contribution in [3.63, 3.8) is 0 Å². The molecular weight excluding hydrogens is 216 g/mol. The van der Waals surface area contributed by atoms with Crippen molar-refractivity contribution in [2.75, 3.05) is 13.1 Å². The number of hydrogen-bond acceptors (Lipinski definition) is 3. The van der Waals surface area contributed by atoms with Crippen molar-refractivity contribution in [2.24, 2.45) is 5.92 Å². The molecule has 2 heterocycles. The molecule has 0 spiro atoms. The van der Waals surface area contributed by atoms with Crippen LogP contribution in [0.2, 0.25) is 0 Å². The van der Waals surface area contributed by atoms with Gasteiger partial charge in [0.25, 0.3) is 0 Å². The Kier molecular flexibility index (Phi) is 3.74. The number of aliphatic carboxylic acids is 1. The van der Waals surface area contributed by atoms with Crippen LogP contribution in [-0.4, -0.2) is 34.0 Å². The van der Waals surface area contributed by atoms with Gasteiger partial charge in [0.1, 0.15) is 0 Å². The van der Waals surface area contributed by atoms with E-state index in [4.69, 9.17) is 5.11 Å². The van der Waals surface area contributed by atoms with Gasteiger partial charge in [-0.25, -0.2) is 0 Å². The van der Waals surface area contributed by atoms with Crippen molar-refractivity contribution in [2.45, 2.75) is 26.3 Å².